The molecule has 3 aliphatic carbocycles. The lowest BCUT2D eigenvalue weighted by Crippen LogP contribution is -1.95. The molecule has 0 spiro atoms. The second kappa shape index (κ2) is 3.12. The zero-order valence-corrected chi connectivity index (χ0v) is 10.4. The van der Waals surface area contributed by atoms with Crippen LogP contribution >= 0.6 is 0 Å². The molecule has 0 saturated heterocycles. The lowest BCUT2D eigenvalue weighted by atomic mass is 9.89. The average Bonchev–Trinajstić information content (AvgIpc) is 3.02. The Balaban J connectivity index is 1.90. The van der Waals surface area contributed by atoms with Crippen molar-refractivity contribution in [2.24, 2.45) is 0 Å². The molecule has 0 unspecified atom stereocenters. The van der Waals surface area contributed by atoms with Gasteiger partial charge >= 0.3 is 0 Å². The van der Waals surface area contributed by atoms with Crippen molar-refractivity contribution in [3.8, 4) is 0 Å². The van der Waals surface area contributed by atoms with Crippen molar-refractivity contribution in [2.45, 2.75) is 6.42 Å². The molecule has 0 bridgehead atoms. The molecule has 1 heterocycles. The lowest BCUT2D eigenvalue weighted by molar-refractivity contribution is 1.26. The zero-order chi connectivity index (χ0) is 12.4. The molecule has 88 valence electrons. The second-order valence-electron chi connectivity index (χ2n) is 5.28. The highest BCUT2D eigenvalue weighted by atomic mass is 14.7. The van der Waals surface area contributed by atoms with Crippen molar-refractivity contribution < 1.29 is 0 Å². The topological polar surface area (TPSA) is 12.9 Å². The first-order valence-corrected chi connectivity index (χ1v) is 6.63. The van der Waals surface area contributed by atoms with Gasteiger partial charge in [-0.1, -0.05) is 36.4 Å². The maximum absolute atomic E-state index is 4.63. The third-order valence-electron chi connectivity index (χ3n) is 4.31. The van der Waals surface area contributed by atoms with Gasteiger partial charge in [-0.05, 0) is 46.2 Å². The first-order valence-electron chi connectivity index (χ1n) is 6.63. The van der Waals surface area contributed by atoms with Crippen molar-refractivity contribution in [1.29, 1.82) is 0 Å². The summed E-state index contributed by atoms with van der Waals surface area (Å²) in [5.74, 6) is 0. The normalized spacial score (nSPS) is 18.5. The Kier molecular flexibility index (Phi) is 1.56. The second-order valence-corrected chi connectivity index (χ2v) is 5.28. The van der Waals surface area contributed by atoms with Crippen LogP contribution in [0, 0.1) is 0 Å². The highest BCUT2D eigenvalue weighted by molar-refractivity contribution is 6.16. The zero-order valence-electron chi connectivity index (χ0n) is 10.4. The van der Waals surface area contributed by atoms with Crippen molar-refractivity contribution in [3.63, 3.8) is 0 Å². The fraction of sp³-hybridized carbons (Fsp3) is 0.0556. The SMILES string of the molecule is C1=CC2=CC3=C(CC2=C1)c1cccc2ccnc3c12. The Morgan fingerprint density at radius 3 is 3.11 bits per heavy atom. The number of allylic oxidation sites excluding steroid dienone is 8. The maximum atomic E-state index is 4.63. The molecule has 0 aliphatic heterocycles. The van der Waals surface area contributed by atoms with Gasteiger partial charge in [0.15, 0.2) is 0 Å². The fourth-order valence-corrected chi connectivity index (χ4v) is 3.44. The highest BCUT2D eigenvalue weighted by Crippen LogP contribution is 2.48. The van der Waals surface area contributed by atoms with Gasteiger partial charge in [-0.2, -0.15) is 0 Å². The fourth-order valence-electron chi connectivity index (χ4n) is 3.44. The van der Waals surface area contributed by atoms with Gasteiger partial charge in [0.1, 0.15) is 0 Å². The van der Waals surface area contributed by atoms with Crippen LogP contribution in [-0.2, 0) is 0 Å². The molecule has 0 fully saturated rings. The average molecular weight is 241 g/mol. The van der Waals surface area contributed by atoms with Gasteiger partial charge in [-0.15, -0.1) is 0 Å². The molecule has 0 amide bonds. The summed E-state index contributed by atoms with van der Waals surface area (Å²) >= 11 is 0. The summed E-state index contributed by atoms with van der Waals surface area (Å²) in [6.07, 6.45) is 11.8. The Hall–Kier alpha value is -2.41. The summed E-state index contributed by atoms with van der Waals surface area (Å²) in [6, 6.07) is 8.67. The monoisotopic (exact) mass is 241 g/mol. The molecule has 1 aromatic carbocycles. The molecule has 3 aliphatic rings. The van der Waals surface area contributed by atoms with Crippen LogP contribution in [0.1, 0.15) is 17.7 Å². The van der Waals surface area contributed by atoms with Crippen LogP contribution in [-0.4, -0.2) is 4.98 Å². The van der Waals surface area contributed by atoms with Gasteiger partial charge in [-0.3, -0.25) is 4.98 Å². The van der Waals surface area contributed by atoms with E-state index in [-0.39, 0.29) is 0 Å². The molecule has 19 heavy (non-hydrogen) atoms. The summed E-state index contributed by atoms with van der Waals surface area (Å²) in [7, 11) is 0. The van der Waals surface area contributed by atoms with Gasteiger partial charge in [0.2, 0.25) is 0 Å². The minimum atomic E-state index is 1.03. The highest BCUT2D eigenvalue weighted by Gasteiger charge is 2.28. The Morgan fingerprint density at radius 2 is 2.11 bits per heavy atom. The largest absolute Gasteiger partial charge is 0.256 e. The molecular weight excluding hydrogens is 230 g/mol. The Morgan fingerprint density at radius 1 is 1.11 bits per heavy atom. The molecule has 1 nitrogen and oxygen atoms in total. The minimum Gasteiger partial charge on any atom is -0.256 e. The van der Waals surface area contributed by atoms with Gasteiger partial charge < -0.3 is 0 Å². The van der Waals surface area contributed by atoms with Crippen LogP contribution in [0.25, 0.3) is 21.9 Å². The molecule has 1 heteroatoms. The third kappa shape index (κ3) is 1.08. The van der Waals surface area contributed by atoms with Crippen LogP contribution in [0.4, 0.5) is 0 Å². The van der Waals surface area contributed by atoms with Gasteiger partial charge in [-0.25, -0.2) is 0 Å². The summed E-state index contributed by atoms with van der Waals surface area (Å²) in [4.78, 5) is 4.63. The van der Waals surface area contributed by atoms with Crippen molar-refractivity contribution in [2.75, 3.05) is 0 Å². The van der Waals surface area contributed by atoms with E-state index in [0.29, 0.717) is 0 Å². The molecule has 0 saturated carbocycles. The molecule has 0 atom stereocenters. The van der Waals surface area contributed by atoms with E-state index in [1.165, 1.54) is 38.6 Å². The smallest absolute Gasteiger partial charge is 0.0789 e. The number of pyridine rings is 1. The number of benzene rings is 1. The maximum Gasteiger partial charge on any atom is 0.0789 e. The quantitative estimate of drug-likeness (QED) is 0.670. The van der Waals surface area contributed by atoms with Crippen LogP contribution in [0.5, 0.6) is 0 Å². The lowest BCUT2D eigenvalue weighted by Gasteiger charge is -2.15. The summed E-state index contributed by atoms with van der Waals surface area (Å²) in [5, 5.41) is 2.63. The Labute approximate surface area is 111 Å². The van der Waals surface area contributed by atoms with E-state index < -0.39 is 0 Å². The first-order chi connectivity index (χ1) is 9.42. The van der Waals surface area contributed by atoms with E-state index >= 15 is 0 Å². The van der Waals surface area contributed by atoms with Crippen LogP contribution in [0.2, 0.25) is 0 Å². The number of hydrogen-bond donors (Lipinski definition) is 0. The van der Waals surface area contributed by atoms with Crippen molar-refractivity contribution in [3.05, 3.63) is 77.2 Å². The van der Waals surface area contributed by atoms with E-state index in [2.05, 4.69) is 53.6 Å². The summed E-state index contributed by atoms with van der Waals surface area (Å²) < 4.78 is 0. The van der Waals surface area contributed by atoms with Crippen molar-refractivity contribution in [1.82, 2.24) is 4.98 Å². The number of nitrogens with zero attached hydrogens (tertiary/aromatic N) is 1. The predicted molar refractivity (Wildman–Crippen MR) is 78.5 cm³/mol. The number of hydrogen-bond acceptors (Lipinski definition) is 1. The van der Waals surface area contributed by atoms with Gasteiger partial charge in [0.05, 0.1) is 5.69 Å². The predicted octanol–water partition coefficient (Wildman–Crippen LogP) is 4.29. The van der Waals surface area contributed by atoms with Crippen LogP contribution < -0.4 is 0 Å². The van der Waals surface area contributed by atoms with E-state index in [9.17, 15) is 0 Å². The molecule has 5 rings (SSSR count). The van der Waals surface area contributed by atoms with Crippen molar-refractivity contribution >= 4 is 21.9 Å². The molecule has 2 aromatic rings. The van der Waals surface area contributed by atoms with Crippen LogP contribution in [0.3, 0.4) is 0 Å². The first kappa shape index (κ1) is 9.51. The van der Waals surface area contributed by atoms with Crippen LogP contribution in [0.15, 0.2) is 65.9 Å². The molecular formula is C18H11N. The van der Waals surface area contributed by atoms with E-state index in [0.717, 1.165) is 12.1 Å². The molecule has 0 N–H and O–H groups in total. The molecule has 0 radical (unpaired) electrons. The van der Waals surface area contributed by atoms with Gasteiger partial charge in [0.25, 0.3) is 0 Å². The van der Waals surface area contributed by atoms with E-state index in [1.807, 2.05) is 6.20 Å². The third-order valence-corrected chi connectivity index (χ3v) is 4.31. The Bertz CT molecular complexity index is 870. The summed E-state index contributed by atoms with van der Waals surface area (Å²) in [5.41, 5.74) is 8.09. The van der Waals surface area contributed by atoms with E-state index in [4.69, 9.17) is 0 Å². The summed E-state index contributed by atoms with van der Waals surface area (Å²) in [6.45, 7) is 0. The number of aromatic nitrogens is 1. The standard InChI is InChI=1S/C18H11N/c1-4-12-9-15-14-6-2-3-11-7-8-19-18(17(11)14)16(15)10-13(12)5-1/h1-8,10H,9H2. The minimum absolute atomic E-state index is 1.03. The van der Waals surface area contributed by atoms with Gasteiger partial charge in [0, 0.05) is 17.2 Å². The molecule has 1 aromatic heterocycles. The number of fused-ring (bicyclic) bond motifs is 3. The van der Waals surface area contributed by atoms with E-state index in [1.54, 1.807) is 0 Å². The number of rotatable bonds is 0.